The first-order valence-electron chi connectivity index (χ1n) is 7.44. The number of fused-ring (bicyclic) bond motifs is 1. The Hall–Kier alpha value is -1.79. The summed E-state index contributed by atoms with van der Waals surface area (Å²) in [5.74, 6) is 0.378. The molecule has 1 unspecified atom stereocenters. The lowest BCUT2D eigenvalue weighted by molar-refractivity contribution is 0.517. The Balaban J connectivity index is 1.72. The van der Waals surface area contributed by atoms with Gasteiger partial charge < -0.3 is 0 Å². The number of rotatable bonds is 4. The summed E-state index contributed by atoms with van der Waals surface area (Å²) in [6, 6.07) is 10.3. The van der Waals surface area contributed by atoms with Crippen molar-refractivity contribution in [2.45, 2.75) is 44.6 Å². The monoisotopic (exact) mass is 299 g/mol. The van der Waals surface area contributed by atoms with E-state index in [2.05, 4.69) is 28.0 Å². The standard InChI is InChI=1S/C17H18ClN3/c18-15-6-4-13(5-7-15)9-11-21-17-3-1-2-14(8-10-19)16(17)12-20-21/h4-7,12,14H,1-3,8-9,11H2. The van der Waals surface area contributed by atoms with Gasteiger partial charge in [-0.2, -0.15) is 10.4 Å². The lowest BCUT2D eigenvalue weighted by Gasteiger charge is -2.21. The molecule has 0 bridgehead atoms. The van der Waals surface area contributed by atoms with E-state index in [9.17, 15) is 0 Å². The fourth-order valence-corrected chi connectivity index (χ4v) is 3.24. The van der Waals surface area contributed by atoms with Crippen molar-refractivity contribution in [3.63, 3.8) is 0 Å². The quantitative estimate of drug-likeness (QED) is 0.852. The molecule has 1 aromatic heterocycles. The molecule has 4 heteroatoms. The predicted molar refractivity (Wildman–Crippen MR) is 83.3 cm³/mol. The van der Waals surface area contributed by atoms with Gasteiger partial charge in [0.1, 0.15) is 0 Å². The van der Waals surface area contributed by atoms with Gasteiger partial charge in [-0.15, -0.1) is 0 Å². The zero-order valence-electron chi connectivity index (χ0n) is 11.9. The topological polar surface area (TPSA) is 41.6 Å². The second-order valence-electron chi connectivity index (χ2n) is 5.60. The molecular weight excluding hydrogens is 282 g/mol. The molecule has 0 N–H and O–H groups in total. The number of nitrogens with zero attached hydrogens (tertiary/aromatic N) is 3. The number of hydrogen-bond donors (Lipinski definition) is 0. The van der Waals surface area contributed by atoms with Gasteiger partial charge in [0, 0.05) is 29.6 Å². The van der Waals surface area contributed by atoms with Crippen LogP contribution in [-0.4, -0.2) is 9.78 Å². The summed E-state index contributed by atoms with van der Waals surface area (Å²) >= 11 is 5.91. The minimum atomic E-state index is 0.378. The largest absolute Gasteiger partial charge is 0.269 e. The molecule has 1 aromatic carbocycles. The molecule has 0 fully saturated rings. The molecule has 3 rings (SSSR count). The minimum Gasteiger partial charge on any atom is -0.269 e. The number of halogens is 1. The highest BCUT2D eigenvalue weighted by atomic mass is 35.5. The van der Waals surface area contributed by atoms with Crippen LogP contribution in [0.3, 0.4) is 0 Å². The van der Waals surface area contributed by atoms with Gasteiger partial charge in [-0.05, 0) is 48.9 Å². The van der Waals surface area contributed by atoms with E-state index >= 15 is 0 Å². The summed E-state index contributed by atoms with van der Waals surface area (Å²) < 4.78 is 2.12. The van der Waals surface area contributed by atoms with Gasteiger partial charge in [-0.3, -0.25) is 4.68 Å². The van der Waals surface area contributed by atoms with Crippen LogP contribution in [0.5, 0.6) is 0 Å². The lowest BCUT2D eigenvalue weighted by Crippen LogP contribution is -2.13. The second-order valence-corrected chi connectivity index (χ2v) is 6.03. The van der Waals surface area contributed by atoms with Crippen LogP contribution < -0.4 is 0 Å². The van der Waals surface area contributed by atoms with E-state index in [1.165, 1.54) is 16.8 Å². The van der Waals surface area contributed by atoms with Crippen molar-refractivity contribution in [1.82, 2.24) is 9.78 Å². The zero-order chi connectivity index (χ0) is 14.7. The number of nitriles is 1. The average molecular weight is 300 g/mol. The fraction of sp³-hybridized carbons (Fsp3) is 0.412. The Labute approximate surface area is 130 Å². The highest BCUT2D eigenvalue weighted by molar-refractivity contribution is 6.30. The average Bonchev–Trinajstić information content (AvgIpc) is 2.91. The third-order valence-electron chi connectivity index (χ3n) is 4.25. The van der Waals surface area contributed by atoms with Crippen LogP contribution >= 0.6 is 11.6 Å². The molecule has 0 amide bonds. The molecule has 0 radical (unpaired) electrons. The summed E-state index contributed by atoms with van der Waals surface area (Å²) in [7, 11) is 0. The third kappa shape index (κ3) is 3.11. The van der Waals surface area contributed by atoms with Crippen LogP contribution in [-0.2, 0) is 19.4 Å². The Bertz CT molecular complexity index is 652. The van der Waals surface area contributed by atoms with Gasteiger partial charge in [0.25, 0.3) is 0 Å². The van der Waals surface area contributed by atoms with Crippen molar-refractivity contribution in [2.24, 2.45) is 0 Å². The van der Waals surface area contributed by atoms with Crippen molar-refractivity contribution in [3.05, 3.63) is 52.3 Å². The number of benzene rings is 1. The van der Waals surface area contributed by atoms with E-state index in [1.54, 1.807) is 0 Å². The Morgan fingerprint density at radius 1 is 1.33 bits per heavy atom. The first-order chi connectivity index (χ1) is 10.3. The van der Waals surface area contributed by atoms with Crippen LogP contribution in [0.1, 0.15) is 42.0 Å². The van der Waals surface area contributed by atoms with Crippen molar-refractivity contribution >= 4 is 11.6 Å². The van der Waals surface area contributed by atoms with Gasteiger partial charge in [0.05, 0.1) is 12.3 Å². The van der Waals surface area contributed by atoms with Crippen molar-refractivity contribution in [3.8, 4) is 6.07 Å². The van der Waals surface area contributed by atoms with Crippen molar-refractivity contribution < 1.29 is 0 Å². The smallest absolute Gasteiger partial charge is 0.0628 e. The highest BCUT2D eigenvalue weighted by Gasteiger charge is 2.23. The van der Waals surface area contributed by atoms with Crippen LogP contribution in [0.4, 0.5) is 0 Å². The first-order valence-corrected chi connectivity index (χ1v) is 7.81. The van der Waals surface area contributed by atoms with Gasteiger partial charge in [0.2, 0.25) is 0 Å². The molecule has 0 aliphatic heterocycles. The van der Waals surface area contributed by atoms with Crippen molar-refractivity contribution in [1.29, 1.82) is 5.26 Å². The van der Waals surface area contributed by atoms with E-state index in [0.29, 0.717) is 12.3 Å². The normalized spacial score (nSPS) is 17.2. The first kappa shape index (κ1) is 14.2. The van der Waals surface area contributed by atoms with E-state index in [-0.39, 0.29) is 0 Å². The Kier molecular flexibility index (Phi) is 4.26. The van der Waals surface area contributed by atoms with E-state index < -0.39 is 0 Å². The maximum absolute atomic E-state index is 8.94. The maximum Gasteiger partial charge on any atom is 0.0628 e. The molecule has 1 heterocycles. The van der Waals surface area contributed by atoms with E-state index in [0.717, 1.165) is 37.3 Å². The Morgan fingerprint density at radius 3 is 2.90 bits per heavy atom. The van der Waals surface area contributed by atoms with Crippen LogP contribution in [0.25, 0.3) is 0 Å². The zero-order valence-corrected chi connectivity index (χ0v) is 12.7. The highest BCUT2D eigenvalue weighted by Crippen LogP contribution is 2.33. The molecule has 2 aromatic rings. The summed E-state index contributed by atoms with van der Waals surface area (Å²) in [4.78, 5) is 0. The van der Waals surface area contributed by atoms with Gasteiger partial charge in [-0.1, -0.05) is 23.7 Å². The SMILES string of the molecule is N#CCC1CCCc2c1cnn2CCc1ccc(Cl)cc1. The molecular formula is C17H18ClN3. The summed E-state index contributed by atoms with van der Waals surface area (Å²) in [6.45, 7) is 0.885. The Morgan fingerprint density at radius 2 is 2.14 bits per heavy atom. The summed E-state index contributed by atoms with van der Waals surface area (Å²) in [6.07, 6.45) is 6.88. The molecule has 1 atom stereocenters. The molecule has 1 aliphatic rings. The molecule has 108 valence electrons. The van der Waals surface area contributed by atoms with Crippen LogP contribution in [0, 0.1) is 11.3 Å². The van der Waals surface area contributed by atoms with Gasteiger partial charge in [0.15, 0.2) is 0 Å². The van der Waals surface area contributed by atoms with Crippen LogP contribution in [0.15, 0.2) is 30.5 Å². The summed E-state index contributed by atoms with van der Waals surface area (Å²) in [5, 5.41) is 14.3. The fourth-order valence-electron chi connectivity index (χ4n) is 3.11. The van der Waals surface area contributed by atoms with E-state index in [1.807, 2.05) is 18.3 Å². The maximum atomic E-state index is 8.94. The van der Waals surface area contributed by atoms with E-state index in [4.69, 9.17) is 16.9 Å². The molecule has 3 nitrogen and oxygen atoms in total. The number of aryl methyl sites for hydroxylation is 2. The van der Waals surface area contributed by atoms with Crippen molar-refractivity contribution in [2.75, 3.05) is 0 Å². The molecule has 0 spiro atoms. The minimum absolute atomic E-state index is 0.378. The molecule has 0 saturated heterocycles. The van der Waals surface area contributed by atoms with Gasteiger partial charge in [-0.25, -0.2) is 0 Å². The molecule has 0 saturated carbocycles. The predicted octanol–water partition coefficient (Wildman–Crippen LogP) is 4.11. The van der Waals surface area contributed by atoms with Crippen LogP contribution in [0.2, 0.25) is 5.02 Å². The third-order valence-corrected chi connectivity index (χ3v) is 4.50. The van der Waals surface area contributed by atoms with Gasteiger partial charge >= 0.3 is 0 Å². The number of hydrogen-bond acceptors (Lipinski definition) is 2. The second kappa shape index (κ2) is 6.32. The number of aromatic nitrogens is 2. The molecule has 21 heavy (non-hydrogen) atoms. The summed E-state index contributed by atoms with van der Waals surface area (Å²) in [5.41, 5.74) is 3.89. The molecule has 1 aliphatic carbocycles. The lowest BCUT2D eigenvalue weighted by atomic mass is 9.85.